The van der Waals surface area contributed by atoms with Crippen molar-refractivity contribution in [2.75, 3.05) is 13.2 Å². The third-order valence-corrected chi connectivity index (χ3v) is 5.11. The second-order valence-corrected chi connectivity index (χ2v) is 6.65. The van der Waals surface area contributed by atoms with Gasteiger partial charge in [0.05, 0.1) is 12.3 Å². The highest BCUT2D eigenvalue weighted by Gasteiger charge is 2.30. The van der Waals surface area contributed by atoms with Crippen molar-refractivity contribution in [2.45, 2.75) is 45.7 Å². The topological polar surface area (TPSA) is 63.9 Å². The molecule has 1 atom stereocenters. The summed E-state index contributed by atoms with van der Waals surface area (Å²) in [6.07, 6.45) is 2.88. The molecule has 0 amide bonds. The molecule has 1 fully saturated rings. The summed E-state index contributed by atoms with van der Waals surface area (Å²) in [4.78, 5) is 31.8. The summed E-state index contributed by atoms with van der Waals surface area (Å²) >= 11 is 1.46. The Morgan fingerprint density at radius 2 is 2.30 bits per heavy atom. The van der Waals surface area contributed by atoms with Crippen LogP contribution in [0.15, 0.2) is 16.2 Å². The number of nitrogens with zero attached hydrogens (tertiary/aromatic N) is 3. The maximum absolute atomic E-state index is 12.3. The smallest absolute Gasteiger partial charge is 0.323 e. The molecule has 0 aromatic carbocycles. The van der Waals surface area contributed by atoms with E-state index in [9.17, 15) is 9.59 Å². The Labute approximate surface area is 138 Å². The van der Waals surface area contributed by atoms with Crippen molar-refractivity contribution in [3.05, 3.63) is 33.2 Å². The fourth-order valence-electron chi connectivity index (χ4n) is 3.08. The lowest BCUT2D eigenvalue weighted by Gasteiger charge is -2.33. The number of fused-ring (bicyclic) bond motifs is 1. The van der Waals surface area contributed by atoms with Crippen molar-refractivity contribution in [3.8, 4) is 0 Å². The monoisotopic (exact) mass is 335 g/mol. The Hall–Kier alpha value is -1.73. The zero-order chi connectivity index (χ0) is 16.4. The first kappa shape index (κ1) is 16.1. The van der Waals surface area contributed by atoms with Gasteiger partial charge in [-0.15, -0.1) is 11.3 Å². The number of ether oxygens (including phenoxy) is 1. The van der Waals surface area contributed by atoms with Gasteiger partial charge >= 0.3 is 5.97 Å². The molecule has 0 aliphatic carbocycles. The maximum Gasteiger partial charge on any atom is 0.323 e. The minimum Gasteiger partial charge on any atom is -0.465 e. The first-order valence-electron chi connectivity index (χ1n) is 7.97. The highest BCUT2D eigenvalue weighted by molar-refractivity contribution is 7.15. The minimum absolute atomic E-state index is 0.0616. The van der Waals surface area contributed by atoms with Gasteiger partial charge in [-0.25, -0.2) is 4.98 Å². The molecule has 0 bridgehead atoms. The molecule has 3 heterocycles. The van der Waals surface area contributed by atoms with Gasteiger partial charge in [-0.2, -0.15) is 0 Å². The molecule has 2 aromatic heterocycles. The SMILES string of the molecule is CCOC(=O)[C@H]1CCCCN1Cc1cc(=O)n2c(C)csc2n1. The Morgan fingerprint density at radius 1 is 1.48 bits per heavy atom. The van der Waals surface area contributed by atoms with Crippen LogP contribution >= 0.6 is 11.3 Å². The molecule has 124 valence electrons. The number of rotatable bonds is 4. The molecule has 0 spiro atoms. The maximum atomic E-state index is 12.3. The lowest BCUT2D eigenvalue weighted by Crippen LogP contribution is -2.45. The lowest BCUT2D eigenvalue weighted by molar-refractivity contribution is -0.151. The van der Waals surface area contributed by atoms with Crippen LogP contribution in [-0.2, 0) is 16.1 Å². The fourth-order valence-corrected chi connectivity index (χ4v) is 3.97. The Balaban J connectivity index is 1.84. The zero-order valence-corrected chi connectivity index (χ0v) is 14.3. The van der Waals surface area contributed by atoms with Crippen molar-refractivity contribution >= 4 is 22.3 Å². The second kappa shape index (κ2) is 6.80. The van der Waals surface area contributed by atoms with Crippen LogP contribution in [0.1, 0.15) is 37.6 Å². The number of hydrogen-bond donors (Lipinski definition) is 0. The number of carbonyl (C=O) groups excluding carboxylic acids is 1. The van der Waals surface area contributed by atoms with Crippen LogP contribution in [0.3, 0.4) is 0 Å². The largest absolute Gasteiger partial charge is 0.465 e. The summed E-state index contributed by atoms with van der Waals surface area (Å²) in [6.45, 7) is 5.44. The van der Waals surface area contributed by atoms with E-state index in [1.54, 1.807) is 10.5 Å². The number of piperidine rings is 1. The minimum atomic E-state index is -0.228. The van der Waals surface area contributed by atoms with Crippen molar-refractivity contribution in [2.24, 2.45) is 0 Å². The highest BCUT2D eigenvalue weighted by Crippen LogP contribution is 2.21. The molecule has 0 radical (unpaired) electrons. The van der Waals surface area contributed by atoms with Crippen LogP contribution in [-0.4, -0.2) is 39.4 Å². The molecule has 1 aliphatic heterocycles. The van der Waals surface area contributed by atoms with E-state index >= 15 is 0 Å². The van der Waals surface area contributed by atoms with Gasteiger partial charge in [-0.1, -0.05) is 6.42 Å². The lowest BCUT2D eigenvalue weighted by atomic mass is 10.0. The van der Waals surface area contributed by atoms with Crippen LogP contribution in [0.25, 0.3) is 4.96 Å². The predicted octanol–water partition coefficient (Wildman–Crippen LogP) is 1.98. The Morgan fingerprint density at radius 3 is 3.09 bits per heavy atom. The quantitative estimate of drug-likeness (QED) is 0.800. The van der Waals surface area contributed by atoms with Crippen molar-refractivity contribution < 1.29 is 9.53 Å². The van der Waals surface area contributed by atoms with E-state index in [1.807, 2.05) is 19.2 Å². The van der Waals surface area contributed by atoms with E-state index < -0.39 is 0 Å². The summed E-state index contributed by atoms with van der Waals surface area (Å²) in [6, 6.07) is 1.35. The molecule has 0 saturated carbocycles. The summed E-state index contributed by atoms with van der Waals surface area (Å²) in [5.41, 5.74) is 1.55. The van der Waals surface area contributed by atoms with Crippen molar-refractivity contribution in [3.63, 3.8) is 0 Å². The Kier molecular flexibility index (Phi) is 4.77. The summed E-state index contributed by atoms with van der Waals surface area (Å²) in [5.74, 6) is -0.169. The van der Waals surface area contributed by atoms with Gasteiger partial charge in [-0.3, -0.25) is 18.9 Å². The van der Waals surface area contributed by atoms with Gasteiger partial charge in [0, 0.05) is 23.7 Å². The highest BCUT2D eigenvalue weighted by atomic mass is 32.1. The molecule has 1 saturated heterocycles. The molecule has 6 nitrogen and oxygen atoms in total. The number of thiazole rings is 1. The third kappa shape index (κ3) is 3.30. The third-order valence-electron chi connectivity index (χ3n) is 4.17. The van der Waals surface area contributed by atoms with E-state index in [4.69, 9.17) is 4.74 Å². The molecule has 7 heteroatoms. The van der Waals surface area contributed by atoms with Gasteiger partial charge in [0.2, 0.25) is 0 Å². The standard InChI is InChI=1S/C16H21N3O3S/c1-3-22-15(21)13-6-4-5-7-18(13)9-12-8-14(20)19-11(2)10-23-16(19)17-12/h8,10,13H,3-7,9H2,1-2H3/t13-/m1/s1. The number of likely N-dealkylation sites (tertiary alicyclic amines) is 1. The average Bonchev–Trinajstić information content (AvgIpc) is 2.89. The fraction of sp³-hybridized carbons (Fsp3) is 0.562. The molecule has 0 N–H and O–H groups in total. The number of esters is 1. The van der Waals surface area contributed by atoms with E-state index in [2.05, 4.69) is 9.88 Å². The van der Waals surface area contributed by atoms with Crippen LogP contribution in [0.5, 0.6) is 0 Å². The van der Waals surface area contributed by atoms with Crippen molar-refractivity contribution in [1.29, 1.82) is 0 Å². The van der Waals surface area contributed by atoms with Crippen molar-refractivity contribution in [1.82, 2.24) is 14.3 Å². The zero-order valence-electron chi connectivity index (χ0n) is 13.4. The van der Waals surface area contributed by atoms with E-state index in [1.165, 1.54) is 11.3 Å². The van der Waals surface area contributed by atoms with E-state index in [0.717, 1.165) is 31.5 Å². The van der Waals surface area contributed by atoms with Crippen LogP contribution in [0.2, 0.25) is 0 Å². The predicted molar refractivity (Wildman–Crippen MR) is 88.8 cm³/mol. The van der Waals surface area contributed by atoms with Gasteiger partial charge < -0.3 is 4.74 Å². The number of hydrogen-bond acceptors (Lipinski definition) is 6. The molecule has 2 aromatic rings. The summed E-state index contributed by atoms with van der Waals surface area (Å²) in [5, 5.41) is 1.93. The first-order valence-corrected chi connectivity index (χ1v) is 8.85. The van der Waals surface area contributed by atoms with E-state index in [-0.39, 0.29) is 17.6 Å². The van der Waals surface area contributed by atoms with Crippen LogP contribution < -0.4 is 5.56 Å². The number of aryl methyl sites for hydroxylation is 1. The summed E-state index contributed by atoms with van der Waals surface area (Å²) < 4.78 is 6.80. The van der Waals surface area contributed by atoms with Crippen LogP contribution in [0.4, 0.5) is 0 Å². The van der Waals surface area contributed by atoms with E-state index in [0.29, 0.717) is 23.8 Å². The summed E-state index contributed by atoms with van der Waals surface area (Å²) in [7, 11) is 0. The van der Waals surface area contributed by atoms with Gasteiger partial charge in [0.25, 0.3) is 5.56 Å². The molecule has 3 rings (SSSR count). The molecular formula is C16H21N3O3S. The first-order chi connectivity index (χ1) is 11.1. The second-order valence-electron chi connectivity index (χ2n) is 5.81. The molecule has 1 aliphatic rings. The number of carbonyl (C=O) groups is 1. The number of aromatic nitrogens is 2. The van der Waals surface area contributed by atoms with Gasteiger partial charge in [0.1, 0.15) is 6.04 Å². The van der Waals surface area contributed by atoms with Gasteiger partial charge in [-0.05, 0) is 33.2 Å². The Bertz CT molecular complexity index is 768. The molecular weight excluding hydrogens is 314 g/mol. The molecule has 0 unspecified atom stereocenters. The average molecular weight is 335 g/mol. The molecule has 23 heavy (non-hydrogen) atoms. The van der Waals surface area contributed by atoms with Crippen LogP contribution in [0, 0.1) is 6.92 Å². The van der Waals surface area contributed by atoms with Gasteiger partial charge in [0.15, 0.2) is 4.96 Å². The normalized spacial score (nSPS) is 19.1.